The average molecular weight is 311 g/mol. The summed E-state index contributed by atoms with van der Waals surface area (Å²) in [7, 11) is 0. The molecule has 2 aromatic rings. The molecule has 20 heavy (non-hydrogen) atoms. The fourth-order valence-electron chi connectivity index (χ4n) is 1.87. The van der Waals surface area contributed by atoms with Crippen molar-refractivity contribution in [3.8, 4) is 0 Å². The van der Waals surface area contributed by atoms with Crippen LogP contribution in [0.5, 0.6) is 0 Å². The highest BCUT2D eigenvalue weighted by Crippen LogP contribution is 2.13. The molecule has 2 rings (SSSR count). The lowest BCUT2D eigenvalue weighted by molar-refractivity contribution is -0.121. The molecular formula is C15H19ClN2OS. The Bertz CT molecular complexity index is 502. The molecule has 3 nitrogen and oxygen atoms in total. The van der Waals surface area contributed by atoms with Crippen molar-refractivity contribution in [1.82, 2.24) is 5.32 Å². The molecule has 1 aromatic carbocycles. The normalized spacial score (nSPS) is 11.4. The number of halogens is 1. The number of carbonyl (C=O) groups excluding carboxylic acids is 1. The van der Waals surface area contributed by atoms with Gasteiger partial charge >= 0.3 is 0 Å². The Morgan fingerprint density at radius 2 is 1.95 bits per heavy atom. The monoisotopic (exact) mass is 310 g/mol. The van der Waals surface area contributed by atoms with Crippen LogP contribution in [0.1, 0.15) is 22.9 Å². The summed E-state index contributed by atoms with van der Waals surface area (Å²) in [5.41, 5.74) is 7.00. The van der Waals surface area contributed by atoms with Crippen LogP contribution >= 0.6 is 23.7 Å². The maximum absolute atomic E-state index is 11.8. The number of benzene rings is 1. The largest absolute Gasteiger partial charge is 0.356 e. The van der Waals surface area contributed by atoms with Crippen LogP contribution in [-0.4, -0.2) is 12.5 Å². The molecule has 0 saturated carbocycles. The predicted octanol–water partition coefficient (Wildman–Crippen LogP) is 2.92. The maximum atomic E-state index is 11.8. The molecule has 3 N–H and O–H groups in total. The van der Waals surface area contributed by atoms with Crippen LogP contribution in [0, 0.1) is 0 Å². The molecule has 1 heterocycles. The molecule has 1 amide bonds. The fraction of sp³-hybridized carbons (Fsp3) is 0.267. The maximum Gasteiger partial charge on any atom is 0.221 e. The fourth-order valence-corrected chi connectivity index (χ4v) is 2.58. The van der Waals surface area contributed by atoms with Crippen LogP contribution in [0.3, 0.4) is 0 Å². The van der Waals surface area contributed by atoms with E-state index >= 15 is 0 Å². The zero-order chi connectivity index (χ0) is 13.5. The van der Waals surface area contributed by atoms with Gasteiger partial charge in [0.25, 0.3) is 0 Å². The van der Waals surface area contributed by atoms with Crippen LogP contribution in [-0.2, 0) is 11.2 Å². The molecule has 0 fully saturated rings. The molecule has 0 aliphatic carbocycles. The highest BCUT2D eigenvalue weighted by Gasteiger charge is 2.10. The van der Waals surface area contributed by atoms with E-state index in [1.165, 1.54) is 4.88 Å². The topological polar surface area (TPSA) is 55.1 Å². The third-order valence-corrected chi connectivity index (χ3v) is 3.84. The zero-order valence-corrected chi connectivity index (χ0v) is 12.8. The van der Waals surface area contributed by atoms with Crippen molar-refractivity contribution >= 4 is 29.7 Å². The molecule has 0 saturated heterocycles. The highest BCUT2D eigenvalue weighted by atomic mass is 35.5. The molecule has 108 valence electrons. The summed E-state index contributed by atoms with van der Waals surface area (Å²) < 4.78 is 0. The Morgan fingerprint density at radius 1 is 1.20 bits per heavy atom. The van der Waals surface area contributed by atoms with Crippen molar-refractivity contribution in [3.63, 3.8) is 0 Å². The molecule has 0 aliphatic rings. The van der Waals surface area contributed by atoms with E-state index in [0.717, 1.165) is 12.0 Å². The van der Waals surface area contributed by atoms with Gasteiger partial charge in [-0.1, -0.05) is 36.4 Å². The van der Waals surface area contributed by atoms with Crippen LogP contribution in [0.15, 0.2) is 47.8 Å². The van der Waals surface area contributed by atoms with Crippen molar-refractivity contribution in [2.24, 2.45) is 5.73 Å². The van der Waals surface area contributed by atoms with Crippen molar-refractivity contribution in [2.75, 3.05) is 6.54 Å². The zero-order valence-electron chi connectivity index (χ0n) is 11.1. The van der Waals surface area contributed by atoms with Gasteiger partial charge in [-0.25, -0.2) is 0 Å². The molecule has 0 aliphatic heterocycles. The van der Waals surface area contributed by atoms with Crippen LogP contribution in [0.4, 0.5) is 0 Å². The van der Waals surface area contributed by atoms with E-state index in [1.54, 1.807) is 11.3 Å². The molecule has 1 unspecified atom stereocenters. The number of rotatable bonds is 6. The van der Waals surface area contributed by atoms with Gasteiger partial charge < -0.3 is 11.1 Å². The molecule has 0 bridgehead atoms. The molecule has 0 spiro atoms. The summed E-state index contributed by atoms with van der Waals surface area (Å²) in [5, 5.41) is 4.95. The van der Waals surface area contributed by atoms with Gasteiger partial charge in [0.2, 0.25) is 5.91 Å². The standard InChI is InChI=1S/C15H18N2OS.ClH/c16-14(12-5-2-1-3-6-12)11-15(18)17-9-8-13-7-4-10-19-13;/h1-7,10,14H,8-9,11,16H2,(H,17,18);1H. The number of nitrogens with one attached hydrogen (secondary N) is 1. The first-order chi connectivity index (χ1) is 9.25. The minimum atomic E-state index is -0.233. The molecule has 5 heteroatoms. The first-order valence-corrected chi connectivity index (χ1v) is 7.23. The Labute approximate surface area is 129 Å². The summed E-state index contributed by atoms with van der Waals surface area (Å²) in [6.07, 6.45) is 1.21. The second-order valence-corrected chi connectivity index (χ2v) is 5.43. The second-order valence-electron chi connectivity index (χ2n) is 4.40. The smallest absolute Gasteiger partial charge is 0.221 e. The van der Waals surface area contributed by atoms with Gasteiger partial charge in [0.15, 0.2) is 0 Å². The Kier molecular flexibility index (Phi) is 7.30. The van der Waals surface area contributed by atoms with E-state index < -0.39 is 0 Å². The van der Waals surface area contributed by atoms with E-state index in [-0.39, 0.29) is 24.4 Å². The molecule has 1 atom stereocenters. The quantitative estimate of drug-likeness (QED) is 0.862. The van der Waals surface area contributed by atoms with E-state index in [4.69, 9.17) is 5.73 Å². The Morgan fingerprint density at radius 3 is 2.60 bits per heavy atom. The van der Waals surface area contributed by atoms with Gasteiger partial charge in [-0.15, -0.1) is 23.7 Å². The summed E-state index contributed by atoms with van der Waals surface area (Å²) in [4.78, 5) is 13.1. The number of hydrogen-bond donors (Lipinski definition) is 2. The Hall–Kier alpha value is -1.36. The molecular weight excluding hydrogens is 292 g/mol. The molecule has 1 aromatic heterocycles. The first-order valence-electron chi connectivity index (χ1n) is 6.35. The summed E-state index contributed by atoms with van der Waals surface area (Å²) in [6, 6.07) is 13.6. The number of nitrogens with two attached hydrogens (primary N) is 1. The average Bonchev–Trinajstić information content (AvgIpc) is 2.93. The van der Waals surface area contributed by atoms with Gasteiger partial charge in [-0.3, -0.25) is 4.79 Å². The second kappa shape index (κ2) is 8.74. The molecule has 0 radical (unpaired) electrons. The number of carbonyl (C=O) groups is 1. The third kappa shape index (κ3) is 5.33. The highest BCUT2D eigenvalue weighted by molar-refractivity contribution is 7.09. The summed E-state index contributed by atoms with van der Waals surface area (Å²) in [6.45, 7) is 0.668. The van der Waals surface area contributed by atoms with E-state index in [2.05, 4.69) is 11.4 Å². The van der Waals surface area contributed by atoms with Gasteiger partial charge in [0.1, 0.15) is 0 Å². The number of amides is 1. The minimum absolute atomic E-state index is 0. The predicted molar refractivity (Wildman–Crippen MR) is 86.3 cm³/mol. The third-order valence-electron chi connectivity index (χ3n) is 2.91. The van der Waals surface area contributed by atoms with Gasteiger partial charge in [-0.05, 0) is 23.4 Å². The van der Waals surface area contributed by atoms with Crippen LogP contribution in [0.25, 0.3) is 0 Å². The SMILES string of the molecule is Cl.NC(CC(=O)NCCc1cccs1)c1ccccc1. The lowest BCUT2D eigenvalue weighted by Gasteiger charge is -2.11. The van der Waals surface area contributed by atoms with Crippen molar-refractivity contribution in [1.29, 1.82) is 0 Å². The minimum Gasteiger partial charge on any atom is -0.356 e. The lowest BCUT2D eigenvalue weighted by atomic mass is 10.0. The van der Waals surface area contributed by atoms with Gasteiger partial charge in [0, 0.05) is 23.9 Å². The summed E-state index contributed by atoms with van der Waals surface area (Å²) in [5.74, 6) is 0.00732. The van der Waals surface area contributed by atoms with E-state index in [0.29, 0.717) is 13.0 Å². The van der Waals surface area contributed by atoms with Crippen LogP contribution < -0.4 is 11.1 Å². The van der Waals surface area contributed by atoms with Crippen molar-refractivity contribution in [3.05, 3.63) is 58.3 Å². The van der Waals surface area contributed by atoms with Gasteiger partial charge in [-0.2, -0.15) is 0 Å². The van der Waals surface area contributed by atoms with Crippen molar-refractivity contribution in [2.45, 2.75) is 18.9 Å². The number of hydrogen-bond acceptors (Lipinski definition) is 3. The van der Waals surface area contributed by atoms with Crippen LogP contribution in [0.2, 0.25) is 0 Å². The first kappa shape index (κ1) is 16.7. The van der Waals surface area contributed by atoms with Gasteiger partial charge in [0.05, 0.1) is 0 Å². The number of thiophene rings is 1. The van der Waals surface area contributed by atoms with Crippen molar-refractivity contribution < 1.29 is 4.79 Å². The van der Waals surface area contributed by atoms with E-state index in [9.17, 15) is 4.79 Å². The Balaban J connectivity index is 0.00000200. The lowest BCUT2D eigenvalue weighted by Crippen LogP contribution is -2.29. The van der Waals surface area contributed by atoms with E-state index in [1.807, 2.05) is 41.8 Å². The summed E-state index contributed by atoms with van der Waals surface area (Å²) >= 11 is 1.71.